The van der Waals surface area contributed by atoms with Gasteiger partial charge in [-0.2, -0.15) is 0 Å². The van der Waals surface area contributed by atoms with Crippen LogP contribution in [0.1, 0.15) is 0 Å². The van der Waals surface area contributed by atoms with Gasteiger partial charge in [-0.25, -0.2) is 0 Å². The Bertz CT molecular complexity index is 164. The van der Waals surface area contributed by atoms with E-state index in [0.717, 1.165) is 0 Å². The fourth-order valence-electron chi connectivity index (χ4n) is 0.300. The molecule has 0 radical (unpaired) electrons. The van der Waals surface area contributed by atoms with Gasteiger partial charge in [0.2, 0.25) is 0 Å². The van der Waals surface area contributed by atoms with Crippen LogP contribution in [0, 0.1) is 5.41 Å². The van der Waals surface area contributed by atoms with Crippen molar-refractivity contribution in [1.29, 1.82) is 0 Å². The van der Waals surface area contributed by atoms with Gasteiger partial charge in [-0.3, -0.25) is 9.82 Å². The Kier molecular flexibility index (Phi) is 19.0. The van der Waals surface area contributed by atoms with Crippen molar-refractivity contribution in [2.45, 2.75) is 0 Å². The van der Waals surface area contributed by atoms with Crippen molar-refractivity contribution in [1.82, 2.24) is 0 Å². The zero-order valence-electron chi connectivity index (χ0n) is 7.80. The first-order valence-electron chi connectivity index (χ1n) is 3.48. The van der Waals surface area contributed by atoms with E-state index in [1.54, 1.807) is 0 Å². The predicted molar refractivity (Wildman–Crippen MR) is 50.9 cm³/mol. The lowest BCUT2D eigenvalue weighted by Crippen LogP contribution is -2.37. The van der Waals surface area contributed by atoms with Crippen molar-refractivity contribution in [3.63, 3.8) is 0 Å². The summed E-state index contributed by atoms with van der Waals surface area (Å²) in [5.74, 6) is 0. The first kappa shape index (κ1) is 19.1. The van der Waals surface area contributed by atoms with Crippen molar-refractivity contribution in [2.75, 3.05) is 26.4 Å². The number of aliphatic hydroxyl groups excluding tert-OH is 4. The van der Waals surface area contributed by atoms with E-state index in [9.17, 15) is 0 Å². The molecule has 0 amide bonds. The molecule has 0 heterocycles. The van der Waals surface area contributed by atoms with Gasteiger partial charge >= 0.3 is 0 Å². The lowest BCUT2D eigenvalue weighted by Gasteiger charge is -2.23. The molecule has 0 aromatic rings. The highest BCUT2D eigenvalue weighted by atomic mass is 16.3. The van der Waals surface area contributed by atoms with Gasteiger partial charge in [0.25, 0.3) is 0 Å². The van der Waals surface area contributed by atoms with Crippen molar-refractivity contribution < 1.29 is 20.4 Å². The monoisotopic (exact) mass is 220 g/mol. The normalized spacial score (nSPS) is 8.27. The summed E-state index contributed by atoms with van der Waals surface area (Å²) in [5, 5.41) is 34.0. The van der Waals surface area contributed by atoms with Gasteiger partial charge in [-0.1, -0.05) is 0 Å². The van der Waals surface area contributed by atoms with Crippen LogP contribution in [0.2, 0.25) is 0 Å². The number of rotatable bonds is 4. The van der Waals surface area contributed by atoms with Crippen LogP contribution in [-0.4, -0.2) is 46.9 Å². The van der Waals surface area contributed by atoms with Gasteiger partial charge in [0, 0.05) is 0 Å². The van der Waals surface area contributed by atoms with Gasteiger partial charge in [-0.05, 0) is 0 Å². The maximum absolute atomic E-state index is 8.50. The summed E-state index contributed by atoms with van der Waals surface area (Å²) in [5.41, 5.74) is 25.9. The lowest BCUT2D eigenvalue weighted by molar-refractivity contribution is -0.0328. The molecule has 0 aliphatic carbocycles. The summed E-state index contributed by atoms with van der Waals surface area (Å²) >= 11 is 0. The summed E-state index contributed by atoms with van der Waals surface area (Å²) in [7, 11) is 0. The zero-order valence-corrected chi connectivity index (χ0v) is 7.80. The van der Waals surface area contributed by atoms with Gasteiger partial charge < -0.3 is 42.6 Å². The van der Waals surface area contributed by atoms with E-state index in [4.69, 9.17) is 42.6 Å². The second kappa shape index (κ2) is 15.0. The molecular weight excluding hydrogens is 208 g/mol. The van der Waals surface area contributed by atoms with Crippen molar-refractivity contribution in [3.05, 3.63) is 31.9 Å². The van der Waals surface area contributed by atoms with Gasteiger partial charge in [-0.15, -0.1) is 0 Å². The minimum atomic E-state index is -1.11. The third-order valence-electron chi connectivity index (χ3n) is 1.34. The summed E-state index contributed by atoms with van der Waals surface area (Å²) in [6, 6.07) is 0. The molecule has 0 saturated heterocycles. The SMILES string of the molecule is OCC(CO)(CO)CO.[N-]=[N+]=[N-].[N-]=[N+]=[N-]. The number of nitrogens with zero attached hydrogens (tertiary/aromatic N) is 6. The fourth-order valence-corrected chi connectivity index (χ4v) is 0.300. The molecule has 0 rings (SSSR count). The molecule has 0 aromatic heterocycles. The number of hydrogen-bond donors (Lipinski definition) is 4. The molecular formula is C5H12N6O4-2. The molecule has 88 valence electrons. The van der Waals surface area contributed by atoms with Crippen LogP contribution in [0.4, 0.5) is 0 Å². The van der Waals surface area contributed by atoms with E-state index >= 15 is 0 Å². The average Bonchev–Trinajstić information content (AvgIpc) is 2.24. The molecule has 10 nitrogen and oxygen atoms in total. The van der Waals surface area contributed by atoms with E-state index < -0.39 is 31.8 Å². The quantitative estimate of drug-likeness (QED) is 0.285. The molecule has 0 bridgehead atoms. The van der Waals surface area contributed by atoms with Crippen molar-refractivity contribution in [2.24, 2.45) is 5.41 Å². The van der Waals surface area contributed by atoms with Gasteiger partial charge in [0.15, 0.2) is 0 Å². The predicted octanol–water partition coefficient (Wildman–Crippen LogP) is -0.326. The van der Waals surface area contributed by atoms with E-state index in [2.05, 4.69) is 0 Å². The Labute approximate surface area is 85.2 Å². The van der Waals surface area contributed by atoms with Crippen LogP contribution in [-0.2, 0) is 0 Å². The van der Waals surface area contributed by atoms with Gasteiger partial charge in [0.05, 0.1) is 31.8 Å². The molecule has 0 unspecified atom stereocenters. The third kappa shape index (κ3) is 12.5. The average molecular weight is 220 g/mol. The Morgan fingerprint density at radius 2 is 0.800 bits per heavy atom. The maximum atomic E-state index is 8.50. The minimum Gasteiger partial charge on any atom is -0.396 e. The molecule has 10 heteroatoms. The number of hydrogen-bond acceptors (Lipinski definition) is 4. The first-order chi connectivity index (χ1) is 7.07. The topological polar surface area (TPSA) is 198 Å². The molecule has 15 heavy (non-hydrogen) atoms. The molecule has 0 atom stereocenters. The largest absolute Gasteiger partial charge is 0.396 e. The molecule has 0 aromatic carbocycles. The van der Waals surface area contributed by atoms with E-state index in [1.807, 2.05) is 0 Å². The molecule has 0 aliphatic heterocycles. The summed E-state index contributed by atoms with van der Waals surface area (Å²) in [4.78, 5) is 3.00. The Hall–Kier alpha value is -1.54. The van der Waals surface area contributed by atoms with Crippen LogP contribution >= 0.6 is 0 Å². The van der Waals surface area contributed by atoms with Crippen LogP contribution in [0.5, 0.6) is 0 Å². The first-order valence-corrected chi connectivity index (χ1v) is 3.48. The summed E-state index contributed by atoms with van der Waals surface area (Å²) in [6.07, 6.45) is 0. The smallest absolute Gasteiger partial charge is 0.0627 e. The molecule has 0 saturated carbocycles. The third-order valence-corrected chi connectivity index (χ3v) is 1.34. The van der Waals surface area contributed by atoms with E-state index in [-0.39, 0.29) is 0 Å². The highest BCUT2D eigenvalue weighted by molar-refractivity contribution is 4.74. The van der Waals surface area contributed by atoms with Gasteiger partial charge in [0.1, 0.15) is 0 Å². The van der Waals surface area contributed by atoms with Crippen LogP contribution in [0.15, 0.2) is 0 Å². The Morgan fingerprint density at radius 1 is 0.667 bits per heavy atom. The van der Waals surface area contributed by atoms with Crippen LogP contribution in [0.25, 0.3) is 31.9 Å². The second-order valence-corrected chi connectivity index (χ2v) is 2.31. The van der Waals surface area contributed by atoms with Crippen LogP contribution in [0.3, 0.4) is 0 Å². The van der Waals surface area contributed by atoms with Crippen LogP contribution < -0.4 is 0 Å². The van der Waals surface area contributed by atoms with Crippen molar-refractivity contribution >= 4 is 0 Å². The highest BCUT2D eigenvalue weighted by Crippen LogP contribution is 2.11. The fraction of sp³-hybridized carbons (Fsp3) is 1.00. The highest BCUT2D eigenvalue weighted by Gasteiger charge is 2.26. The van der Waals surface area contributed by atoms with E-state index in [0.29, 0.717) is 0 Å². The number of aliphatic hydroxyl groups is 4. The molecule has 0 aliphatic rings. The second-order valence-electron chi connectivity index (χ2n) is 2.31. The summed E-state index contributed by atoms with van der Waals surface area (Å²) in [6.45, 7) is -1.62. The standard InChI is InChI=1S/C5H12O4.2N3/c6-1-5(2-7,3-8)4-9;2*1-3-2/h6-9H,1-4H2;;/q;2*-1. The summed E-state index contributed by atoms with van der Waals surface area (Å²) < 4.78 is 0. The maximum Gasteiger partial charge on any atom is 0.0627 e. The van der Waals surface area contributed by atoms with Crippen molar-refractivity contribution in [3.8, 4) is 0 Å². The Balaban J connectivity index is -0.000000200. The molecule has 0 spiro atoms. The molecule has 4 N–H and O–H groups in total. The zero-order chi connectivity index (χ0) is 12.7. The lowest BCUT2D eigenvalue weighted by atomic mass is 9.93. The molecule has 0 fully saturated rings. The van der Waals surface area contributed by atoms with E-state index in [1.165, 1.54) is 9.82 Å². The minimum absolute atomic E-state index is 0.406. The Morgan fingerprint density at radius 3 is 0.800 bits per heavy atom.